The predicted molar refractivity (Wildman–Crippen MR) is 111 cm³/mol. The van der Waals surface area contributed by atoms with Gasteiger partial charge in [-0.05, 0) is 25.3 Å². The molecule has 1 saturated carbocycles. The van der Waals surface area contributed by atoms with Gasteiger partial charge in [-0.15, -0.1) is 0 Å². The molecule has 0 aromatic carbocycles. The lowest BCUT2D eigenvalue weighted by Gasteiger charge is -2.13. The lowest BCUT2D eigenvalue weighted by atomic mass is 10.1. The Morgan fingerprint density at radius 2 is 2.21 bits per heavy atom. The Morgan fingerprint density at radius 1 is 1.43 bits per heavy atom. The first-order valence-electron chi connectivity index (χ1n) is 9.69. The number of anilines is 1. The van der Waals surface area contributed by atoms with Crippen LogP contribution in [0.1, 0.15) is 44.6 Å². The predicted octanol–water partition coefficient (Wildman–Crippen LogP) is 3.85. The standard InChI is InChI=1S/C21H26FN5O/c1-2-9-27-14-17(7-8-21(27)28)24-12-15(11-23)18-13-25-20(10-19(18)22)26-16-5-3-4-6-16/h7-8,10-14,16H,2-6,9,23H2,1H3,(H,25,26)/b15-11+,24-12?. The van der Waals surface area contributed by atoms with Crippen LogP contribution in [0.4, 0.5) is 15.9 Å². The molecule has 1 aliphatic carbocycles. The average Bonchev–Trinajstić information content (AvgIpc) is 3.19. The topological polar surface area (TPSA) is 85.3 Å². The zero-order chi connectivity index (χ0) is 19.9. The highest BCUT2D eigenvalue weighted by atomic mass is 19.1. The quantitative estimate of drug-likeness (QED) is 0.711. The van der Waals surface area contributed by atoms with Gasteiger partial charge in [-0.25, -0.2) is 9.37 Å². The van der Waals surface area contributed by atoms with Crippen molar-refractivity contribution >= 4 is 23.3 Å². The number of nitrogens with zero attached hydrogens (tertiary/aromatic N) is 3. The van der Waals surface area contributed by atoms with Crippen molar-refractivity contribution in [2.24, 2.45) is 10.7 Å². The minimum atomic E-state index is -0.408. The summed E-state index contributed by atoms with van der Waals surface area (Å²) in [4.78, 5) is 20.5. The van der Waals surface area contributed by atoms with E-state index in [4.69, 9.17) is 5.73 Å². The van der Waals surface area contributed by atoms with Crippen LogP contribution in [0.3, 0.4) is 0 Å². The van der Waals surface area contributed by atoms with Gasteiger partial charge in [0.25, 0.3) is 5.56 Å². The first-order chi connectivity index (χ1) is 13.6. The number of nitrogens with one attached hydrogen (secondary N) is 1. The van der Waals surface area contributed by atoms with Crippen LogP contribution in [-0.2, 0) is 6.54 Å². The highest BCUT2D eigenvalue weighted by Crippen LogP contribution is 2.24. The molecule has 0 radical (unpaired) electrons. The molecule has 3 rings (SSSR count). The van der Waals surface area contributed by atoms with Crippen molar-refractivity contribution in [1.82, 2.24) is 9.55 Å². The average molecular weight is 383 g/mol. The SMILES string of the molecule is CCCn1cc(N=C/C(=C\N)c2cnc(NC3CCCC3)cc2F)ccc1=O. The van der Waals surface area contributed by atoms with E-state index < -0.39 is 5.82 Å². The van der Waals surface area contributed by atoms with Crippen LogP contribution in [0.5, 0.6) is 0 Å². The second-order valence-corrected chi connectivity index (χ2v) is 6.97. The molecule has 28 heavy (non-hydrogen) atoms. The lowest BCUT2D eigenvalue weighted by molar-refractivity contribution is 0.621. The number of aromatic nitrogens is 2. The number of nitrogens with two attached hydrogens (primary N) is 1. The minimum absolute atomic E-state index is 0.0732. The summed E-state index contributed by atoms with van der Waals surface area (Å²) in [6.07, 6.45) is 11.3. The molecule has 0 atom stereocenters. The van der Waals surface area contributed by atoms with E-state index >= 15 is 0 Å². The number of aryl methyl sites for hydroxylation is 1. The van der Waals surface area contributed by atoms with E-state index in [-0.39, 0.29) is 11.1 Å². The molecule has 2 aromatic heterocycles. The summed E-state index contributed by atoms with van der Waals surface area (Å²) in [7, 11) is 0. The van der Waals surface area contributed by atoms with Crippen molar-refractivity contribution in [3.05, 3.63) is 58.5 Å². The highest BCUT2D eigenvalue weighted by Gasteiger charge is 2.16. The number of hydrogen-bond donors (Lipinski definition) is 2. The molecule has 0 saturated heterocycles. The summed E-state index contributed by atoms with van der Waals surface area (Å²) >= 11 is 0. The lowest BCUT2D eigenvalue weighted by Crippen LogP contribution is -2.17. The Balaban J connectivity index is 1.77. The molecule has 6 nitrogen and oxygen atoms in total. The summed E-state index contributed by atoms with van der Waals surface area (Å²) in [5.74, 6) is 0.128. The van der Waals surface area contributed by atoms with Gasteiger partial charge in [0.15, 0.2) is 0 Å². The van der Waals surface area contributed by atoms with Crippen molar-refractivity contribution in [2.75, 3.05) is 5.32 Å². The Bertz CT molecular complexity index is 929. The Morgan fingerprint density at radius 3 is 2.89 bits per heavy atom. The largest absolute Gasteiger partial charge is 0.404 e. The third-order valence-electron chi connectivity index (χ3n) is 4.84. The first-order valence-corrected chi connectivity index (χ1v) is 9.69. The van der Waals surface area contributed by atoms with Crippen LogP contribution < -0.4 is 16.6 Å². The van der Waals surface area contributed by atoms with Gasteiger partial charge in [-0.1, -0.05) is 19.8 Å². The van der Waals surface area contributed by atoms with Crippen LogP contribution in [0.25, 0.3) is 5.57 Å². The van der Waals surface area contributed by atoms with Crippen LogP contribution in [-0.4, -0.2) is 21.8 Å². The van der Waals surface area contributed by atoms with Crippen LogP contribution >= 0.6 is 0 Å². The number of halogens is 1. The highest BCUT2D eigenvalue weighted by molar-refractivity contribution is 6.10. The fourth-order valence-electron chi connectivity index (χ4n) is 3.36. The van der Waals surface area contributed by atoms with E-state index in [2.05, 4.69) is 15.3 Å². The molecule has 0 bridgehead atoms. The third-order valence-corrected chi connectivity index (χ3v) is 4.84. The minimum Gasteiger partial charge on any atom is -0.404 e. The van der Waals surface area contributed by atoms with Gasteiger partial charge in [0.05, 0.1) is 5.69 Å². The van der Waals surface area contributed by atoms with Gasteiger partial charge in [-0.3, -0.25) is 9.79 Å². The van der Waals surface area contributed by atoms with E-state index in [9.17, 15) is 9.18 Å². The molecule has 0 aliphatic heterocycles. The van der Waals surface area contributed by atoms with E-state index in [1.54, 1.807) is 16.8 Å². The summed E-state index contributed by atoms with van der Waals surface area (Å²) in [6, 6.07) is 4.86. The van der Waals surface area contributed by atoms with Crippen molar-refractivity contribution in [1.29, 1.82) is 0 Å². The molecular weight excluding hydrogens is 357 g/mol. The zero-order valence-electron chi connectivity index (χ0n) is 16.1. The molecule has 148 valence electrons. The molecule has 7 heteroatoms. The molecule has 0 spiro atoms. The first kappa shape index (κ1) is 19.8. The Labute approximate surface area is 164 Å². The van der Waals surface area contributed by atoms with E-state index in [1.165, 1.54) is 43.6 Å². The van der Waals surface area contributed by atoms with Gasteiger partial charge >= 0.3 is 0 Å². The molecule has 2 heterocycles. The fourth-order valence-corrected chi connectivity index (χ4v) is 3.36. The number of allylic oxidation sites excluding steroid dienone is 1. The van der Waals surface area contributed by atoms with E-state index in [0.717, 1.165) is 19.3 Å². The van der Waals surface area contributed by atoms with Crippen molar-refractivity contribution in [2.45, 2.75) is 51.6 Å². The monoisotopic (exact) mass is 383 g/mol. The second kappa shape index (κ2) is 9.30. The maximum absolute atomic E-state index is 14.6. The van der Waals surface area contributed by atoms with Gasteiger partial charge in [0, 0.05) is 60.7 Å². The summed E-state index contributed by atoms with van der Waals surface area (Å²) in [6.45, 7) is 2.62. The third kappa shape index (κ3) is 4.85. The molecule has 1 fully saturated rings. The molecule has 0 amide bonds. The number of rotatable bonds is 7. The number of pyridine rings is 2. The Kier molecular flexibility index (Phi) is 6.57. The Hall–Kier alpha value is -2.96. The zero-order valence-corrected chi connectivity index (χ0v) is 16.1. The van der Waals surface area contributed by atoms with E-state index in [1.807, 2.05) is 6.92 Å². The van der Waals surface area contributed by atoms with Crippen LogP contribution in [0.2, 0.25) is 0 Å². The molecule has 2 aromatic rings. The number of aliphatic imine (C=N–C) groups is 1. The van der Waals surface area contributed by atoms with Crippen LogP contribution in [0, 0.1) is 5.82 Å². The molecule has 1 aliphatic rings. The fraction of sp³-hybridized carbons (Fsp3) is 0.381. The van der Waals surface area contributed by atoms with E-state index in [0.29, 0.717) is 29.7 Å². The van der Waals surface area contributed by atoms with Gasteiger partial charge in [-0.2, -0.15) is 0 Å². The summed E-state index contributed by atoms with van der Waals surface area (Å²) in [5, 5.41) is 3.28. The van der Waals surface area contributed by atoms with Gasteiger partial charge in [0.1, 0.15) is 11.6 Å². The molecular formula is C21H26FN5O. The summed E-state index contributed by atoms with van der Waals surface area (Å²) < 4.78 is 16.2. The number of hydrogen-bond acceptors (Lipinski definition) is 5. The van der Waals surface area contributed by atoms with Crippen LogP contribution in [0.15, 0.2) is 46.6 Å². The smallest absolute Gasteiger partial charge is 0.250 e. The van der Waals surface area contributed by atoms with Crippen molar-refractivity contribution < 1.29 is 4.39 Å². The molecule has 3 N–H and O–H groups in total. The van der Waals surface area contributed by atoms with Gasteiger partial charge < -0.3 is 15.6 Å². The van der Waals surface area contributed by atoms with Crippen molar-refractivity contribution in [3.8, 4) is 0 Å². The maximum atomic E-state index is 14.6. The summed E-state index contributed by atoms with van der Waals surface area (Å²) in [5.41, 5.74) is 6.92. The maximum Gasteiger partial charge on any atom is 0.250 e. The second-order valence-electron chi connectivity index (χ2n) is 6.97. The van der Waals surface area contributed by atoms with Gasteiger partial charge in [0.2, 0.25) is 0 Å². The van der Waals surface area contributed by atoms with Crippen molar-refractivity contribution in [3.63, 3.8) is 0 Å². The normalized spacial score (nSPS) is 15.4. The molecule has 0 unspecified atom stereocenters.